The Hall–Kier alpha value is -1.12. The molecule has 1 nitrogen and oxygen atoms in total. The van der Waals surface area contributed by atoms with Crippen LogP contribution in [-0.2, 0) is 6.42 Å². The summed E-state index contributed by atoms with van der Waals surface area (Å²) in [5.74, 6) is 2.48. The molecule has 4 unspecified atom stereocenters. The van der Waals surface area contributed by atoms with E-state index in [1.807, 2.05) is 11.3 Å². The van der Waals surface area contributed by atoms with Gasteiger partial charge in [0.1, 0.15) is 0 Å². The maximum atomic E-state index is 3.56. The summed E-state index contributed by atoms with van der Waals surface area (Å²) in [7, 11) is 2.11. The SMILES string of the molecule is CNC(c1ccsc1)C1C2CCc3ccccc3C21. The van der Waals surface area contributed by atoms with Crippen LogP contribution in [0.15, 0.2) is 41.1 Å². The summed E-state index contributed by atoms with van der Waals surface area (Å²) in [5.41, 5.74) is 4.69. The minimum absolute atomic E-state index is 0.535. The molecular formula is C17H19NS. The summed E-state index contributed by atoms with van der Waals surface area (Å²) >= 11 is 1.81. The topological polar surface area (TPSA) is 12.0 Å². The highest BCUT2D eigenvalue weighted by Crippen LogP contribution is 2.64. The normalized spacial score (nSPS) is 29.4. The van der Waals surface area contributed by atoms with Crippen molar-refractivity contribution < 1.29 is 0 Å². The number of benzene rings is 1. The molecule has 0 aliphatic heterocycles. The maximum Gasteiger partial charge on any atom is 0.0363 e. The molecule has 4 rings (SSSR count). The van der Waals surface area contributed by atoms with Crippen LogP contribution in [0, 0.1) is 11.8 Å². The predicted octanol–water partition coefficient (Wildman–Crippen LogP) is 3.98. The summed E-state index contributed by atoms with van der Waals surface area (Å²) in [6.45, 7) is 0. The van der Waals surface area contributed by atoms with Gasteiger partial charge in [0, 0.05) is 6.04 Å². The molecule has 2 aliphatic carbocycles. The highest BCUT2D eigenvalue weighted by Gasteiger charge is 2.56. The first-order chi connectivity index (χ1) is 9.40. The van der Waals surface area contributed by atoms with Crippen molar-refractivity contribution in [2.75, 3.05) is 7.05 Å². The first-order valence-electron chi connectivity index (χ1n) is 7.17. The van der Waals surface area contributed by atoms with Crippen LogP contribution in [0.3, 0.4) is 0 Å². The van der Waals surface area contributed by atoms with E-state index in [1.165, 1.54) is 18.4 Å². The Morgan fingerprint density at radius 3 is 2.95 bits per heavy atom. The van der Waals surface area contributed by atoms with Gasteiger partial charge in [-0.05, 0) is 71.2 Å². The van der Waals surface area contributed by atoms with Crippen molar-refractivity contribution in [3.05, 3.63) is 57.8 Å². The number of nitrogens with one attached hydrogen (secondary N) is 1. The molecule has 1 aromatic carbocycles. The van der Waals surface area contributed by atoms with Gasteiger partial charge >= 0.3 is 0 Å². The minimum Gasteiger partial charge on any atom is -0.313 e. The van der Waals surface area contributed by atoms with Crippen LogP contribution in [0.4, 0.5) is 0 Å². The van der Waals surface area contributed by atoms with Gasteiger partial charge < -0.3 is 5.32 Å². The summed E-state index contributed by atoms with van der Waals surface area (Å²) < 4.78 is 0. The van der Waals surface area contributed by atoms with Crippen LogP contribution in [0.1, 0.15) is 35.1 Å². The summed E-state index contributed by atoms with van der Waals surface area (Å²) in [6.07, 6.45) is 2.64. The lowest BCUT2D eigenvalue weighted by Gasteiger charge is -2.15. The molecule has 4 atom stereocenters. The lowest BCUT2D eigenvalue weighted by atomic mass is 9.92. The molecule has 1 fully saturated rings. The van der Waals surface area contributed by atoms with E-state index in [4.69, 9.17) is 0 Å². The molecule has 0 radical (unpaired) electrons. The zero-order valence-electron chi connectivity index (χ0n) is 11.2. The van der Waals surface area contributed by atoms with Gasteiger partial charge in [0.05, 0.1) is 0 Å². The van der Waals surface area contributed by atoms with Crippen molar-refractivity contribution >= 4 is 11.3 Å². The predicted molar refractivity (Wildman–Crippen MR) is 80.6 cm³/mol. The van der Waals surface area contributed by atoms with Crippen LogP contribution >= 0.6 is 11.3 Å². The van der Waals surface area contributed by atoms with Gasteiger partial charge in [-0.3, -0.25) is 0 Å². The first kappa shape index (κ1) is 11.7. The lowest BCUT2D eigenvalue weighted by Crippen LogP contribution is -2.19. The summed E-state index contributed by atoms with van der Waals surface area (Å²) in [5, 5.41) is 8.06. The smallest absolute Gasteiger partial charge is 0.0363 e. The number of hydrogen-bond donors (Lipinski definition) is 1. The third-order valence-electron chi connectivity index (χ3n) is 4.99. The molecule has 19 heavy (non-hydrogen) atoms. The van der Waals surface area contributed by atoms with E-state index in [0.29, 0.717) is 6.04 Å². The first-order valence-corrected chi connectivity index (χ1v) is 8.11. The third-order valence-corrected chi connectivity index (χ3v) is 5.69. The molecule has 1 N–H and O–H groups in total. The zero-order valence-corrected chi connectivity index (χ0v) is 12.0. The third kappa shape index (κ3) is 1.78. The van der Waals surface area contributed by atoms with Crippen LogP contribution in [0.5, 0.6) is 0 Å². The maximum absolute atomic E-state index is 3.56. The molecule has 0 saturated heterocycles. The molecule has 1 saturated carbocycles. The molecule has 98 valence electrons. The van der Waals surface area contributed by atoms with Crippen molar-refractivity contribution in [2.45, 2.75) is 24.8 Å². The summed E-state index contributed by atoms with van der Waals surface area (Å²) in [6, 6.07) is 11.9. The largest absolute Gasteiger partial charge is 0.313 e. The average molecular weight is 269 g/mol. The van der Waals surface area contributed by atoms with E-state index in [-0.39, 0.29) is 0 Å². The molecule has 0 spiro atoms. The van der Waals surface area contributed by atoms with E-state index >= 15 is 0 Å². The second kappa shape index (κ2) is 4.46. The fourth-order valence-electron chi connectivity index (χ4n) is 4.11. The van der Waals surface area contributed by atoms with E-state index in [1.54, 1.807) is 11.1 Å². The number of fused-ring (bicyclic) bond motifs is 3. The van der Waals surface area contributed by atoms with Crippen molar-refractivity contribution in [3.63, 3.8) is 0 Å². The molecule has 2 aliphatic rings. The van der Waals surface area contributed by atoms with Crippen molar-refractivity contribution in [1.82, 2.24) is 5.32 Å². The van der Waals surface area contributed by atoms with Gasteiger partial charge in [-0.1, -0.05) is 24.3 Å². The van der Waals surface area contributed by atoms with Crippen LogP contribution in [-0.4, -0.2) is 7.05 Å². The molecule has 1 heterocycles. The number of rotatable bonds is 3. The Morgan fingerprint density at radius 1 is 1.26 bits per heavy atom. The number of thiophene rings is 1. The molecule has 0 amide bonds. The van der Waals surface area contributed by atoms with Crippen molar-refractivity contribution in [3.8, 4) is 0 Å². The standard InChI is InChI=1S/C17H19NS/c1-18-17(12-8-9-19-10-12)16-14-7-6-11-4-2-3-5-13(11)15(14)16/h2-5,8-10,14-18H,6-7H2,1H3. The zero-order chi connectivity index (χ0) is 12.8. The molecule has 0 bridgehead atoms. The number of aryl methyl sites for hydroxylation is 1. The molecule has 1 aromatic heterocycles. The second-order valence-electron chi connectivity index (χ2n) is 5.83. The van der Waals surface area contributed by atoms with Crippen LogP contribution < -0.4 is 5.32 Å². The quantitative estimate of drug-likeness (QED) is 0.888. The molecule has 2 heteroatoms. The fraction of sp³-hybridized carbons (Fsp3) is 0.412. The van der Waals surface area contributed by atoms with Gasteiger partial charge in [0.15, 0.2) is 0 Å². The number of hydrogen-bond acceptors (Lipinski definition) is 2. The second-order valence-corrected chi connectivity index (χ2v) is 6.61. The van der Waals surface area contributed by atoms with Gasteiger partial charge in [-0.2, -0.15) is 11.3 Å². The van der Waals surface area contributed by atoms with Crippen molar-refractivity contribution in [1.29, 1.82) is 0 Å². The lowest BCUT2D eigenvalue weighted by molar-refractivity contribution is 0.486. The Morgan fingerprint density at radius 2 is 2.16 bits per heavy atom. The van der Waals surface area contributed by atoms with Gasteiger partial charge in [-0.15, -0.1) is 0 Å². The van der Waals surface area contributed by atoms with Crippen LogP contribution in [0.25, 0.3) is 0 Å². The Labute approximate surface area is 118 Å². The summed E-state index contributed by atoms with van der Waals surface area (Å²) in [4.78, 5) is 0. The van der Waals surface area contributed by atoms with Gasteiger partial charge in [-0.25, -0.2) is 0 Å². The van der Waals surface area contributed by atoms with E-state index in [9.17, 15) is 0 Å². The van der Waals surface area contributed by atoms with Crippen molar-refractivity contribution in [2.24, 2.45) is 11.8 Å². The van der Waals surface area contributed by atoms with Gasteiger partial charge in [0.25, 0.3) is 0 Å². The van der Waals surface area contributed by atoms with Gasteiger partial charge in [0.2, 0.25) is 0 Å². The monoisotopic (exact) mass is 269 g/mol. The fourth-order valence-corrected chi connectivity index (χ4v) is 4.80. The molecule has 2 aromatic rings. The average Bonchev–Trinajstić information content (AvgIpc) is 2.92. The van der Waals surface area contributed by atoms with Crippen LogP contribution in [0.2, 0.25) is 0 Å². The van der Waals surface area contributed by atoms with E-state index in [0.717, 1.165) is 17.8 Å². The Bertz CT molecular complexity index is 575. The van der Waals surface area contributed by atoms with E-state index < -0.39 is 0 Å². The molecular weight excluding hydrogens is 250 g/mol. The highest BCUT2D eigenvalue weighted by atomic mass is 32.1. The minimum atomic E-state index is 0.535. The Balaban J connectivity index is 1.66. The van der Waals surface area contributed by atoms with E-state index in [2.05, 4.69) is 53.5 Å². The Kier molecular flexibility index (Phi) is 2.75. The highest BCUT2D eigenvalue weighted by molar-refractivity contribution is 7.07.